The van der Waals surface area contributed by atoms with Gasteiger partial charge in [-0.05, 0) is 31.2 Å². The Labute approximate surface area is 96.6 Å². The molecule has 0 spiro atoms. The molecule has 7 nitrogen and oxygen atoms in total. The predicted molar refractivity (Wildman–Crippen MR) is 56.7 cm³/mol. The minimum Gasteiger partial charge on any atom is -0.476 e. The predicted octanol–water partition coefficient (Wildman–Crippen LogP) is 0.830. The van der Waals surface area contributed by atoms with Gasteiger partial charge in [-0.15, -0.1) is 5.10 Å². The third kappa shape index (κ3) is 2.39. The monoisotopic (exact) mass is 234 g/mol. The molecule has 0 atom stereocenters. The Morgan fingerprint density at radius 1 is 1.41 bits per heavy atom. The number of rotatable bonds is 3. The summed E-state index contributed by atoms with van der Waals surface area (Å²) in [5.41, 5.74) is 1.39. The average molecular weight is 234 g/mol. The summed E-state index contributed by atoms with van der Waals surface area (Å²) in [6.45, 7) is 3.66. The van der Waals surface area contributed by atoms with Gasteiger partial charge in [0.1, 0.15) is 6.20 Å². The summed E-state index contributed by atoms with van der Waals surface area (Å²) in [7, 11) is 0. The van der Waals surface area contributed by atoms with E-state index in [-0.39, 0.29) is 5.69 Å². The Balaban J connectivity index is 2.22. The van der Waals surface area contributed by atoms with Gasteiger partial charge in [0.25, 0.3) is 0 Å². The zero-order valence-electron chi connectivity index (χ0n) is 9.28. The van der Waals surface area contributed by atoms with Crippen molar-refractivity contribution in [2.24, 2.45) is 0 Å². The molecule has 0 saturated heterocycles. The molecule has 2 aromatic rings. The van der Waals surface area contributed by atoms with Gasteiger partial charge in [-0.1, -0.05) is 4.85 Å². The zero-order chi connectivity index (χ0) is 12.4. The van der Waals surface area contributed by atoms with Crippen molar-refractivity contribution in [2.45, 2.75) is 13.8 Å². The molecule has 2 rings (SSSR count). The van der Waals surface area contributed by atoms with Gasteiger partial charge >= 0.3 is 5.97 Å². The number of hydrogen-bond acceptors (Lipinski definition) is 5. The number of hydrogen-bond donors (Lipinski definition) is 1. The molecule has 0 radical (unpaired) electrons. The number of carboxylic acids is 1. The van der Waals surface area contributed by atoms with Gasteiger partial charge in [-0.25, -0.2) is 4.79 Å². The largest absolute Gasteiger partial charge is 0.476 e. The summed E-state index contributed by atoms with van der Waals surface area (Å²) in [4.78, 5) is 21.1. The lowest BCUT2D eigenvalue weighted by Crippen LogP contribution is -2.07. The molecule has 88 valence electrons. The van der Waals surface area contributed by atoms with Crippen LogP contribution in [0, 0.1) is 13.8 Å². The van der Waals surface area contributed by atoms with E-state index in [1.807, 2.05) is 6.92 Å². The molecule has 0 aliphatic carbocycles. The maximum atomic E-state index is 10.6. The smallest absolute Gasteiger partial charge is 0.358 e. The summed E-state index contributed by atoms with van der Waals surface area (Å²) in [5.74, 6) is -0.656. The van der Waals surface area contributed by atoms with Crippen LogP contribution in [0.3, 0.4) is 0 Å². The topological polar surface area (TPSA) is 90.1 Å². The second kappa shape index (κ2) is 4.20. The molecular weight excluding hydrogens is 224 g/mol. The number of aromatic carboxylic acids is 1. The maximum absolute atomic E-state index is 10.6. The number of carboxylic acid groups (broad SMARTS) is 1. The van der Waals surface area contributed by atoms with E-state index in [0.717, 1.165) is 10.5 Å². The molecule has 2 aromatic heterocycles. The molecule has 0 aliphatic heterocycles. The summed E-state index contributed by atoms with van der Waals surface area (Å²) in [5, 5.41) is 15.6. The van der Waals surface area contributed by atoms with E-state index < -0.39 is 5.97 Å². The Kier molecular flexibility index (Phi) is 2.73. The van der Waals surface area contributed by atoms with Crippen molar-refractivity contribution in [3.63, 3.8) is 0 Å². The van der Waals surface area contributed by atoms with Crippen LogP contribution in [-0.4, -0.2) is 31.2 Å². The molecule has 0 aliphatic rings. The molecule has 0 bridgehead atoms. The van der Waals surface area contributed by atoms with Crippen molar-refractivity contribution in [3.8, 4) is 5.75 Å². The van der Waals surface area contributed by atoms with Crippen LogP contribution in [-0.2, 0) is 0 Å². The van der Waals surface area contributed by atoms with Crippen molar-refractivity contribution in [2.75, 3.05) is 0 Å². The number of carbonyl (C=O) groups is 1. The average Bonchev–Trinajstić information content (AvgIpc) is 2.71. The van der Waals surface area contributed by atoms with Crippen LogP contribution in [0.1, 0.15) is 21.9 Å². The van der Waals surface area contributed by atoms with Crippen molar-refractivity contribution in [3.05, 3.63) is 35.4 Å². The van der Waals surface area contributed by atoms with Crippen molar-refractivity contribution in [1.29, 1.82) is 0 Å². The van der Waals surface area contributed by atoms with E-state index in [4.69, 9.17) is 9.94 Å². The number of nitrogens with zero attached hydrogens (tertiary/aromatic N) is 4. The Morgan fingerprint density at radius 2 is 2.18 bits per heavy atom. The highest BCUT2D eigenvalue weighted by Crippen LogP contribution is 2.15. The van der Waals surface area contributed by atoms with Crippen LogP contribution < -0.4 is 4.84 Å². The van der Waals surface area contributed by atoms with Gasteiger partial charge in [0, 0.05) is 5.69 Å². The van der Waals surface area contributed by atoms with Gasteiger partial charge in [0.05, 0.1) is 5.69 Å². The first-order valence-electron chi connectivity index (χ1n) is 4.84. The first-order chi connectivity index (χ1) is 8.06. The van der Waals surface area contributed by atoms with Crippen LogP contribution >= 0.6 is 0 Å². The second-order valence-corrected chi connectivity index (χ2v) is 3.44. The third-order valence-electron chi connectivity index (χ3n) is 2.06. The fraction of sp³-hybridized carbons (Fsp3) is 0.200. The molecule has 0 fully saturated rings. The van der Waals surface area contributed by atoms with Crippen molar-refractivity contribution in [1.82, 2.24) is 20.1 Å². The SMILES string of the molecule is Cc1ccc(On2cc(C(=O)O)nn2)c(C)n1. The van der Waals surface area contributed by atoms with Crippen LogP contribution in [0.15, 0.2) is 18.3 Å². The number of aromatic nitrogens is 4. The zero-order valence-corrected chi connectivity index (χ0v) is 9.28. The van der Waals surface area contributed by atoms with Crippen LogP contribution in [0.2, 0.25) is 0 Å². The Bertz CT molecular complexity index is 564. The first kappa shape index (κ1) is 11.1. The van der Waals surface area contributed by atoms with Crippen LogP contribution in [0.4, 0.5) is 0 Å². The van der Waals surface area contributed by atoms with Gasteiger partial charge in [-0.2, -0.15) is 0 Å². The van der Waals surface area contributed by atoms with E-state index in [1.165, 1.54) is 6.20 Å². The van der Waals surface area contributed by atoms with E-state index in [9.17, 15) is 4.79 Å². The fourth-order valence-electron chi connectivity index (χ4n) is 1.26. The van der Waals surface area contributed by atoms with Gasteiger partial charge in [0.15, 0.2) is 11.4 Å². The lowest BCUT2D eigenvalue weighted by atomic mass is 10.3. The molecule has 0 amide bonds. The molecule has 7 heteroatoms. The summed E-state index contributed by atoms with van der Waals surface area (Å²) >= 11 is 0. The molecular formula is C10H10N4O3. The van der Waals surface area contributed by atoms with Gasteiger partial charge < -0.3 is 9.94 Å². The lowest BCUT2D eigenvalue weighted by Gasteiger charge is -2.05. The minimum absolute atomic E-state index is 0.178. The van der Waals surface area contributed by atoms with Crippen molar-refractivity contribution >= 4 is 5.97 Å². The fourth-order valence-corrected chi connectivity index (χ4v) is 1.26. The molecule has 0 unspecified atom stereocenters. The van der Waals surface area contributed by atoms with Gasteiger partial charge in [0.2, 0.25) is 0 Å². The van der Waals surface area contributed by atoms with E-state index in [0.29, 0.717) is 11.4 Å². The summed E-state index contributed by atoms with van der Waals surface area (Å²) in [6, 6.07) is 3.52. The van der Waals surface area contributed by atoms with Gasteiger partial charge in [-0.3, -0.25) is 4.98 Å². The van der Waals surface area contributed by atoms with Crippen LogP contribution in [0.25, 0.3) is 0 Å². The van der Waals surface area contributed by atoms with E-state index in [1.54, 1.807) is 19.1 Å². The lowest BCUT2D eigenvalue weighted by molar-refractivity contribution is 0.0690. The molecule has 0 saturated carbocycles. The third-order valence-corrected chi connectivity index (χ3v) is 2.06. The maximum Gasteiger partial charge on any atom is 0.358 e. The number of pyridine rings is 1. The number of aryl methyl sites for hydroxylation is 2. The highest BCUT2D eigenvalue weighted by atomic mass is 16.7. The molecule has 0 aromatic carbocycles. The van der Waals surface area contributed by atoms with Crippen LogP contribution in [0.5, 0.6) is 5.75 Å². The Hall–Kier alpha value is -2.44. The quantitative estimate of drug-likeness (QED) is 0.845. The van der Waals surface area contributed by atoms with Crippen molar-refractivity contribution < 1.29 is 14.7 Å². The highest BCUT2D eigenvalue weighted by molar-refractivity contribution is 5.84. The normalized spacial score (nSPS) is 10.2. The summed E-state index contributed by atoms with van der Waals surface area (Å²) in [6.07, 6.45) is 1.18. The summed E-state index contributed by atoms with van der Waals surface area (Å²) < 4.78 is 0. The molecule has 2 heterocycles. The minimum atomic E-state index is -1.15. The Morgan fingerprint density at radius 3 is 2.76 bits per heavy atom. The second-order valence-electron chi connectivity index (χ2n) is 3.44. The molecule has 1 N–H and O–H groups in total. The molecule has 17 heavy (non-hydrogen) atoms. The highest BCUT2D eigenvalue weighted by Gasteiger charge is 2.10. The standard InChI is InChI=1S/C10H10N4O3/c1-6-3-4-9(7(2)11-6)17-14-5-8(10(15)16)12-13-14/h3-5H,1-2H3,(H,15,16). The first-order valence-corrected chi connectivity index (χ1v) is 4.84. The van der Waals surface area contributed by atoms with E-state index >= 15 is 0 Å². The van der Waals surface area contributed by atoms with E-state index in [2.05, 4.69) is 15.3 Å².